The average Bonchev–Trinajstić information content (AvgIpc) is 3.35. The molecule has 0 atom stereocenters. The standard InChI is InChI=1S/C19H21N5O2/c1-2-17-21-14-6-5-13(12-16(14)22-17)18(25)23-8-10-24(11-9-23)19(26)15-4-3-7-20-15/h3-7,12,20H,2,8-11H2,1H3,(H,21,22). The molecule has 1 aliphatic heterocycles. The van der Waals surface area contributed by atoms with Crippen LogP contribution in [0.25, 0.3) is 11.0 Å². The van der Waals surface area contributed by atoms with Gasteiger partial charge in [0.1, 0.15) is 11.5 Å². The summed E-state index contributed by atoms with van der Waals surface area (Å²) in [5.74, 6) is 0.889. The van der Waals surface area contributed by atoms with Crippen LogP contribution in [0.2, 0.25) is 0 Å². The summed E-state index contributed by atoms with van der Waals surface area (Å²) in [6, 6.07) is 9.14. The lowest BCUT2D eigenvalue weighted by molar-refractivity contribution is 0.0533. The average molecular weight is 351 g/mol. The molecule has 2 amide bonds. The maximum atomic E-state index is 12.8. The summed E-state index contributed by atoms with van der Waals surface area (Å²) < 4.78 is 0. The summed E-state index contributed by atoms with van der Waals surface area (Å²) in [6.45, 7) is 4.18. The zero-order chi connectivity index (χ0) is 18.1. The molecule has 0 radical (unpaired) electrons. The number of hydrogen-bond acceptors (Lipinski definition) is 3. The van der Waals surface area contributed by atoms with E-state index in [1.165, 1.54) is 0 Å². The highest BCUT2D eigenvalue weighted by Crippen LogP contribution is 2.17. The van der Waals surface area contributed by atoms with Gasteiger partial charge in [-0.25, -0.2) is 4.98 Å². The van der Waals surface area contributed by atoms with E-state index in [0.29, 0.717) is 37.4 Å². The van der Waals surface area contributed by atoms with Crippen molar-refractivity contribution < 1.29 is 9.59 Å². The molecule has 134 valence electrons. The fourth-order valence-corrected chi connectivity index (χ4v) is 3.29. The quantitative estimate of drug-likeness (QED) is 0.757. The minimum Gasteiger partial charge on any atom is -0.357 e. The third kappa shape index (κ3) is 2.96. The van der Waals surface area contributed by atoms with E-state index in [2.05, 4.69) is 15.0 Å². The van der Waals surface area contributed by atoms with Gasteiger partial charge in [0.15, 0.2) is 0 Å². The molecular formula is C19H21N5O2. The number of hydrogen-bond donors (Lipinski definition) is 2. The molecule has 0 bridgehead atoms. The van der Waals surface area contributed by atoms with E-state index >= 15 is 0 Å². The Morgan fingerprint density at radius 1 is 1.08 bits per heavy atom. The Kier molecular flexibility index (Phi) is 4.20. The van der Waals surface area contributed by atoms with Gasteiger partial charge < -0.3 is 19.8 Å². The zero-order valence-corrected chi connectivity index (χ0v) is 14.7. The van der Waals surface area contributed by atoms with Crippen LogP contribution in [-0.2, 0) is 6.42 Å². The van der Waals surface area contributed by atoms with Crippen molar-refractivity contribution in [2.75, 3.05) is 26.2 Å². The van der Waals surface area contributed by atoms with E-state index in [4.69, 9.17) is 0 Å². The largest absolute Gasteiger partial charge is 0.357 e. The fourth-order valence-electron chi connectivity index (χ4n) is 3.29. The number of H-pyrrole nitrogens is 2. The van der Waals surface area contributed by atoms with E-state index in [9.17, 15) is 9.59 Å². The number of nitrogens with one attached hydrogen (secondary N) is 2. The summed E-state index contributed by atoms with van der Waals surface area (Å²) in [4.78, 5) is 39.4. The van der Waals surface area contributed by atoms with Crippen molar-refractivity contribution in [2.45, 2.75) is 13.3 Å². The summed E-state index contributed by atoms with van der Waals surface area (Å²) in [5.41, 5.74) is 2.99. The molecule has 26 heavy (non-hydrogen) atoms. The first-order valence-electron chi connectivity index (χ1n) is 8.86. The summed E-state index contributed by atoms with van der Waals surface area (Å²) in [6.07, 6.45) is 2.57. The number of piperazine rings is 1. The monoisotopic (exact) mass is 351 g/mol. The molecule has 1 aromatic carbocycles. The smallest absolute Gasteiger partial charge is 0.270 e. The number of carbonyl (C=O) groups excluding carboxylic acids is 2. The number of rotatable bonds is 3. The van der Waals surface area contributed by atoms with Crippen molar-refractivity contribution in [3.8, 4) is 0 Å². The molecule has 3 heterocycles. The summed E-state index contributed by atoms with van der Waals surface area (Å²) in [7, 11) is 0. The van der Waals surface area contributed by atoms with E-state index in [-0.39, 0.29) is 11.8 Å². The zero-order valence-electron chi connectivity index (χ0n) is 14.7. The first kappa shape index (κ1) is 16.4. The molecule has 0 saturated carbocycles. The van der Waals surface area contributed by atoms with Crippen molar-refractivity contribution in [2.24, 2.45) is 0 Å². The van der Waals surface area contributed by atoms with Gasteiger partial charge in [-0.1, -0.05) is 6.92 Å². The lowest BCUT2D eigenvalue weighted by Gasteiger charge is -2.34. The first-order valence-corrected chi connectivity index (χ1v) is 8.86. The Morgan fingerprint density at radius 2 is 1.81 bits per heavy atom. The second kappa shape index (κ2) is 6.67. The van der Waals surface area contributed by atoms with Gasteiger partial charge in [-0.3, -0.25) is 9.59 Å². The molecule has 2 N–H and O–H groups in total. The Bertz CT molecular complexity index is 936. The molecule has 3 aromatic rings. The van der Waals surface area contributed by atoms with Crippen molar-refractivity contribution in [1.82, 2.24) is 24.8 Å². The number of carbonyl (C=O) groups is 2. The van der Waals surface area contributed by atoms with Gasteiger partial charge in [0.05, 0.1) is 11.0 Å². The van der Waals surface area contributed by atoms with Crippen LogP contribution in [0.5, 0.6) is 0 Å². The van der Waals surface area contributed by atoms with Crippen LogP contribution in [0.1, 0.15) is 33.6 Å². The maximum Gasteiger partial charge on any atom is 0.270 e. The van der Waals surface area contributed by atoms with Crippen LogP contribution in [0.4, 0.5) is 0 Å². The highest BCUT2D eigenvalue weighted by molar-refractivity contribution is 5.98. The van der Waals surface area contributed by atoms with Gasteiger partial charge in [-0.15, -0.1) is 0 Å². The SMILES string of the molecule is CCc1nc2ccc(C(=O)N3CCN(C(=O)c4ccc[nH]4)CC3)cc2[nH]1. The lowest BCUT2D eigenvalue weighted by atomic mass is 10.1. The predicted octanol–water partition coefficient (Wildman–Crippen LogP) is 2.05. The number of aryl methyl sites for hydroxylation is 1. The third-order valence-electron chi connectivity index (χ3n) is 4.80. The van der Waals surface area contributed by atoms with Crippen LogP contribution in [0.3, 0.4) is 0 Å². The second-order valence-corrected chi connectivity index (χ2v) is 6.44. The number of fused-ring (bicyclic) bond motifs is 1. The number of amides is 2. The molecule has 1 fully saturated rings. The van der Waals surface area contributed by atoms with E-state index in [1.807, 2.05) is 31.2 Å². The first-order chi connectivity index (χ1) is 12.7. The molecule has 4 rings (SSSR count). The van der Waals surface area contributed by atoms with Crippen LogP contribution in [0, 0.1) is 0 Å². The van der Waals surface area contributed by atoms with Gasteiger partial charge in [0.25, 0.3) is 11.8 Å². The highest BCUT2D eigenvalue weighted by atomic mass is 16.2. The van der Waals surface area contributed by atoms with Gasteiger partial charge >= 0.3 is 0 Å². The number of aromatic amines is 2. The Hall–Kier alpha value is -3.09. The van der Waals surface area contributed by atoms with E-state index in [1.54, 1.807) is 22.1 Å². The van der Waals surface area contributed by atoms with Crippen molar-refractivity contribution in [3.63, 3.8) is 0 Å². The normalized spacial score (nSPS) is 14.8. The summed E-state index contributed by atoms with van der Waals surface area (Å²) in [5, 5.41) is 0. The van der Waals surface area contributed by atoms with E-state index in [0.717, 1.165) is 23.3 Å². The molecule has 0 unspecified atom stereocenters. The molecule has 7 heteroatoms. The van der Waals surface area contributed by atoms with Crippen molar-refractivity contribution in [1.29, 1.82) is 0 Å². The number of nitrogens with zero attached hydrogens (tertiary/aromatic N) is 3. The topological polar surface area (TPSA) is 85.1 Å². The molecular weight excluding hydrogens is 330 g/mol. The van der Waals surface area contributed by atoms with Crippen LogP contribution in [-0.4, -0.2) is 62.7 Å². The number of benzene rings is 1. The summed E-state index contributed by atoms with van der Waals surface area (Å²) >= 11 is 0. The molecule has 1 aliphatic rings. The van der Waals surface area contributed by atoms with Gasteiger partial charge in [-0.2, -0.15) is 0 Å². The number of imidazole rings is 1. The van der Waals surface area contributed by atoms with Crippen LogP contribution in [0.15, 0.2) is 36.5 Å². The highest BCUT2D eigenvalue weighted by Gasteiger charge is 2.26. The second-order valence-electron chi connectivity index (χ2n) is 6.44. The molecule has 7 nitrogen and oxygen atoms in total. The predicted molar refractivity (Wildman–Crippen MR) is 98.1 cm³/mol. The Morgan fingerprint density at radius 3 is 2.46 bits per heavy atom. The minimum atomic E-state index is -0.0203. The maximum absolute atomic E-state index is 12.8. The molecule has 2 aromatic heterocycles. The van der Waals surface area contributed by atoms with Crippen LogP contribution >= 0.6 is 0 Å². The van der Waals surface area contributed by atoms with Gasteiger partial charge in [0, 0.05) is 44.4 Å². The fraction of sp³-hybridized carbons (Fsp3) is 0.316. The third-order valence-corrected chi connectivity index (χ3v) is 4.80. The van der Waals surface area contributed by atoms with Gasteiger partial charge in [0.2, 0.25) is 0 Å². The molecule has 0 aliphatic carbocycles. The minimum absolute atomic E-state index is 0.00785. The number of aromatic nitrogens is 3. The van der Waals surface area contributed by atoms with Crippen molar-refractivity contribution >= 4 is 22.8 Å². The van der Waals surface area contributed by atoms with E-state index < -0.39 is 0 Å². The van der Waals surface area contributed by atoms with Gasteiger partial charge in [-0.05, 0) is 30.3 Å². The lowest BCUT2D eigenvalue weighted by Crippen LogP contribution is -2.50. The van der Waals surface area contributed by atoms with Crippen molar-refractivity contribution in [3.05, 3.63) is 53.6 Å². The Labute approximate surface area is 151 Å². The molecule has 0 spiro atoms. The molecule has 1 saturated heterocycles. The van der Waals surface area contributed by atoms with Crippen LogP contribution < -0.4 is 0 Å². The Balaban J connectivity index is 1.44.